The largest absolute Gasteiger partial charge is 0.324 e. The van der Waals surface area contributed by atoms with Gasteiger partial charge in [0.05, 0.1) is 16.5 Å². The lowest BCUT2D eigenvalue weighted by Crippen LogP contribution is -2.16. The molecule has 3 aromatic carbocycles. The van der Waals surface area contributed by atoms with Gasteiger partial charge in [0.25, 0.3) is 0 Å². The van der Waals surface area contributed by atoms with Gasteiger partial charge in [-0.3, -0.25) is 9.36 Å². The molecule has 32 heavy (non-hydrogen) atoms. The molecule has 0 bridgehead atoms. The number of rotatable bonds is 7. The van der Waals surface area contributed by atoms with E-state index in [2.05, 4.69) is 27.6 Å². The van der Waals surface area contributed by atoms with Crippen LogP contribution in [0.1, 0.15) is 22.5 Å². The molecular formula is C25H23ClN4OS. The van der Waals surface area contributed by atoms with Crippen molar-refractivity contribution in [2.24, 2.45) is 0 Å². The number of nitrogens with zero attached hydrogens (tertiary/aromatic N) is 3. The summed E-state index contributed by atoms with van der Waals surface area (Å²) >= 11 is 7.68. The van der Waals surface area contributed by atoms with Crippen molar-refractivity contribution in [2.75, 3.05) is 11.1 Å². The fraction of sp³-hybridized carbons (Fsp3) is 0.160. The van der Waals surface area contributed by atoms with Gasteiger partial charge in [-0.05, 0) is 48.7 Å². The van der Waals surface area contributed by atoms with Gasteiger partial charge in [0.15, 0.2) is 5.16 Å². The maximum atomic E-state index is 12.7. The van der Waals surface area contributed by atoms with Crippen LogP contribution >= 0.6 is 23.4 Å². The van der Waals surface area contributed by atoms with Crippen LogP contribution in [0.2, 0.25) is 5.02 Å². The van der Waals surface area contributed by atoms with Crippen LogP contribution in [-0.2, 0) is 11.2 Å². The molecule has 0 aliphatic rings. The summed E-state index contributed by atoms with van der Waals surface area (Å²) in [6.45, 7) is 3.91. The number of anilines is 1. The molecule has 0 radical (unpaired) electrons. The monoisotopic (exact) mass is 462 g/mol. The second-order valence-corrected chi connectivity index (χ2v) is 8.86. The number of benzene rings is 3. The molecule has 0 atom stereocenters. The average molecular weight is 463 g/mol. The molecule has 1 N–H and O–H groups in total. The Bertz CT molecular complexity index is 1200. The lowest BCUT2D eigenvalue weighted by Gasteiger charge is -2.12. The maximum absolute atomic E-state index is 12.7. The Labute approximate surface area is 196 Å². The molecule has 1 aromatic heterocycles. The van der Waals surface area contributed by atoms with Gasteiger partial charge in [-0.15, -0.1) is 10.2 Å². The summed E-state index contributed by atoms with van der Waals surface area (Å²) < 4.78 is 2.01. The molecule has 5 nitrogen and oxygen atoms in total. The first-order valence-corrected chi connectivity index (χ1v) is 11.6. The molecule has 0 unspecified atom stereocenters. The van der Waals surface area contributed by atoms with Gasteiger partial charge in [-0.25, -0.2) is 0 Å². The molecule has 0 saturated heterocycles. The van der Waals surface area contributed by atoms with Crippen molar-refractivity contribution >= 4 is 35.0 Å². The number of halogens is 1. The number of aromatic nitrogens is 3. The van der Waals surface area contributed by atoms with Gasteiger partial charge in [0.2, 0.25) is 5.91 Å². The van der Waals surface area contributed by atoms with Crippen LogP contribution in [0, 0.1) is 13.8 Å². The Balaban J connectivity index is 1.54. The Kier molecular flexibility index (Phi) is 6.93. The van der Waals surface area contributed by atoms with Gasteiger partial charge >= 0.3 is 0 Å². The summed E-state index contributed by atoms with van der Waals surface area (Å²) in [7, 11) is 0. The predicted octanol–water partition coefficient (Wildman–Crippen LogP) is 5.86. The molecule has 1 amide bonds. The average Bonchev–Trinajstić information content (AvgIpc) is 3.18. The van der Waals surface area contributed by atoms with Crippen LogP contribution in [0.25, 0.3) is 5.69 Å². The van der Waals surface area contributed by atoms with Crippen LogP contribution in [0.4, 0.5) is 5.69 Å². The zero-order chi connectivity index (χ0) is 22.5. The normalized spacial score (nSPS) is 10.8. The first-order chi connectivity index (χ1) is 15.5. The van der Waals surface area contributed by atoms with Crippen LogP contribution < -0.4 is 5.32 Å². The van der Waals surface area contributed by atoms with Gasteiger partial charge in [0.1, 0.15) is 5.82 Å². The third-order valence-electron chi connectivity index (χ3n) is 4.95. The Morgan fingerprint density at radius 2 is 1.69 bits per heavy atom. The summed E-state index contributed by atoms with van der Waals surface area (Å²) in [4.78, 5) is 12.7. The minimum Gasteiger partial charge on any atom is -0.324 e. The molecule has 162 valence electrons. The minimum atomic E-state index is -0.143. The zero-order valence-corrected chi connectivity index (χ0v) is 19.5. The quantitative estimate of drug-likeness (QED) is 0.349. The minimum absolute atomic E-state index is 0.143. The second-order valence-electron chi connectivity index (χ2n) is 7.51. The number of aryl methyl sites for hydroxylation is 2. The van der Waals surface area contributed by atoms with Gasteiger partial charge in [-0.1, -0.05) is 78.0 Å². The first kappa shape index (κ1) is 22.1. The molecule has 0 aliphatic carbocycles. The lowest BCUT2D eigenvalue weighted by molar-refractivity contribution is -0.113. The van der Waals surface area contributed by atoms with Crippen molar-refractivity contribution < 1.29 is 4.79 Å². The van der Waals surface area contributed by atoms with E-state index in [1.807, 2.05) is 79.1 Å². The number of hydrogen-bond donors (Lipinski definition) is 1. The van der Waals surface area contributed by atoms with Gasteiger partial charge in [-0.2, -0.15) is 0 Å². The van der Waals surface area contributed by atoms with E-state index in [0.717, 1.165) is 28.2 Å². The number of carbonyl (C=O) groups excluding carboxylic acids is 1. The fourth-order valence-electron chi connectivity index (χ4n) is 3.50. The van der Waals surface area contributed by atoms with E-state index < -0.39 is 0 Å². The number of thioether (sulfide) groups is 1. The highest BCUT2D eigenvalue weighted by molar-refractivity contribution is 7.99. The Hall–Kier alpha value is -3.09. The summed E-state index contributed by atoms with van der Waals surface area (Å²) in [6, 6.07) is 23.9. The summed E-state index contributed by atoms with van der Waals surface area (Å²) in [6.07, 6.45) is 0.646. The van der Waals surface area contributed by atoms with E-state index in [-0.39, 0.29) is 11.7 Å². The van der Waals surface area contributed by atoms with Crippen molar-refractivity contribution in [3.8, 4) is 5.69 Å². The number of carbonyl (C=O) groups is 1. The Morgan fingerprint density at radius 3 is 2.38 bits per heavy atom. The molecule has 0 spiro atoms. The van der Waals surface area contributed by atoms with Crippen LogP contribution in [-0.4, -0.2) is 26.4 Å². The molecule has 0 saturated carbocycles. The van der Waals surface area contributed by atoms with Crippen molar-refractivity contribution in [3.05, 3.63) is 100 Å². The first-order valence-electron chi connectivity index (χ1n) is 10.2. The number of amides is 1. The SMILES string of the molecule is Cc1cc(C)c(NC(=O)CSc2nnc(Cc3ccccc3)n2-c2ccccc2)c(Cl)c1. The van der Waals surface area contributed by atoms with Crippen LogP contribution in [0.3, 0.4) is 0 Å². The molecule has 0 aliphatic heterocycles. The van der Waals surface area contributed by atoms with Gasteiger partial charge in [0, 0.05) is 12.1 Å². The smallest absolute Gasteiger partial charge is 0.234 e. The fourth-order valence-corrected chi connectivity index (χ4v) is 4.64. The molecule has 1 heterocycles. The predicted molar refractivity (Wildman–Crippen MR) is 131 cm³/mol. The zero-order valence-electron chi connectivity index (χ0n) is 17.9. The lowest BCUT2D eigenvalue weighted by atomic mass is 10.1. The van der Waals surface area contributed by atoms with Crippen molar-refractivity contribution in [2.45, 2.75) is 25.4 Å². The third-order valence-corrected chi connectivity index (χ3v) is 6.18. The highest BCUT2D eigenvalue weighted by atomic mass is 35.5. The molecular weight excluding hydrogens is 440 g/mol. The summed E-state index contributed by atoms with van der Waals surface area (Å²) in [5.74, 6) is 0.874. The van der Waals surface area contributed by atoms with E-state index >= 15 is 0 Å². The molecule has 0 fully saturated rings. The van der Waals surface area contributed by atoms with Crippen molar-refractivity contribution in [1.29, 1.82) is 0 Å². The van der Waals surface area contributed by atoms with E-state index in [9.17, 15) is 4.79 Å². The third kappa shape index (κ3) is 5.21. The van der Waals surface area contributed by atoms with E-state index in [1.165, 1.54) is 11.8 Å². The van der Waals surface area contributed by atoms with E-state index in [4.69, 9.17) is 11.6 Å². The Morgan fingerprint density at radius 1 is 1.00 bits per heavy atom. The van der Waals surface area contributed by atoms with Crippen molar-refractivity contribution in [3.63, 3.8) is 0 Å². The topological polar surface area (TPSA) is 59.8 Å². The number of hydrogen-bond acceptors (Lipinski definition) is 4. The second kappa shape index (κ2) is 10.0. The van der Waals surface area contributed by atoms with Crippen LogP contribution in [0.15, 0.2) is 78.0 Å². The highest BCUT2D eigenvalue weighted by Gasteiger charge is 2.17. The number of para-hydroxylation sites is 1. The van der Waals surface area contributed by atoms with E-state index in [1.54, 1.807) is 0 Å². The maximum Gasteiger partial charge on any atom is 0.234 e. The summed E-state index contributed by atoms with van der Waals surface area (Å²) in [5.41, 5.74) is 4.75. The van der Waals surface area contributed by atoms with Gasteiger partial charge < -0.3 is 5.32 Å². The molecule has 7 heteroatoms. The summed E-state index contributed by atoms with van der Waals surface area (Å²) in [5, 5.41) is 13.0. The van der Waals surface area contributed by atoms with E-state index in [0.29, 0.717) is 22.3 Å². The van der Waals surface area contributed by atoms with Crippen molar-refractivity contribution in [1.82, 2.24) is 14.8 Å². The standard InChI is InChI=1S/C25H23ClN4OS/c1-17-13-18(2)24(21(26)14-17)27-23(31)16-32-25-29-28-22(15-19-9-5-3-6-10-19)30(25)20-11-7-4-8-12-20/h3-14H,15-16H2,1-2H3,(H,27,31). The number of nitrogens with one attached hydrogen (secondary N) is 1. The molecule has 4 rings (SSSR count). The molecule has 4 aromatic rings. The highest BCUT2D eigenvalue weighted by Crippen LogP contribution is 2.28. The van der Waals surface area contributed by atoms with Crippen LogP contribution in [0.5, 0.6) is 0 Å².